The lowest BCUT2D eigenvalue weighted by Gasteiger charge is -2.12. The normalized spacial score (nSPS) is 18.8. The largest absolute Gasteiger partial charge is 0.497 e. The van der Waals surface area contributed by atoms with Gasteiger partial charge in [-0.2, -0.15) is 0 Å². The summed E-state index contributed by atoms with van der Waals surface area (Å²) in [6.07, 6.45) is 0. The topological polar surface area (TPSA) is 49.8 Å². The number of anilines is 1. The highest BCUT2D eigenvalue weighted by atomic mass is 16.5. The van der Waals surface area contributed by atoms with Crippen LogP contribution in [0.25, 0.3) is 0 Å². The third kappa shape index (κ3) is 1.52. The second-order valence-electron chi connectivity index (χ2n) is 3.70. The van der Waals surface area contributed by atoms with Crippen LogP contribution >= 0.6 is 0 Å². The Morgan fingerprint density at radius 1 is 1.60 bits per heavy atom. The first-order valence-corrected chi connectivity index (χ1v) is 4.75. The number of rotatable bonds is 2. The molecule has 1 unspecified atom stereocenters. The van der Waals surface area contributed by atoms with E-state index in [9.17, 15) is 4.79 Å². The van der Waals surface area contributed by atoms with Crippen molar-refractivity contribution in [2.45, 2.75) is 5.92 Å². The van der Waals surface area contributed by atoms with Crippen LogP contribution in [0.15, 0.2) is 18.2 Å². The van der Waals surface area contributed by atoms with Gasteiger partial charge >= 0.3 is 5.97 Å². The van der Waals surface area contributed by atoms with Crippen LogP contribution in [0.5, 0.6) is 5.75 Å². The molecule has 4 heteroatoms. The van der Waals surface area contributed by atoms with Gasteiger partial charge in [-0.05, 0) is 11.6 Å². The van der Waals surface area contributed by atoms with Gasteiger partial charge in [-0.15, -0.1) is 0 Å². The Balaban J connectivity index is 2.45. The highest BCUT2D eigenvalue weighted by Crippen LogP contribution is 2.37. The van der Waals surface area contributed by atoms with E-state index < -0.39 is 11.9 Å². The van der Waals surface area contributed by atoms with Crippen LogP contribution in [-0.2, 0) is 4.79 Å². The number of carboxylic acids is 1. The quantitative estimate of drug-likeness (QED) is 0.794. The van der Waals surface area contributed by atoms with Gasteiger partial charge in [0.15, 0.2) is 0 Å². The predicted molar refractivity (Wildman–Crippen MR) is 56.6 cm³/mol. The third-order valence-electron chi connectivity index (χ3n) is 2.78. The summed E-state index contributed by atoms with van der Waals surface area (Å²) in [7, 11) is 3.49. The van der Waals surface area contributed by atoms with Crippen molar-refractivity contribution in [2.75, 3.05) is 25.6 Å². The van der Waals surface area contributed by atoms with E-state index in [2.05, 4.69) is 0 Å². The molecule has 4 nitrogen and oxygen atoms in total. The average Bonchev–Trinajstić information content (AvgIpc) is 2.56. The molecule has 0 amide bonds. The first-order valence-electron chi connectivity index (χ1n) is 4.75. The Hall–Kier alpha value is -1.71. The van der Waals surface area contributed by atoms with Crippen LogP contribution in [0.2, 0.25) is 0 Å². The second kappa shape index (κ2) is 3.46. The molecule has 0 saturated heterocycles. The van der Waals surface area contributed by atoms with Crippen molar-refractivity contribution in [2.24, 2.45) is 0 Å². The van der Waals surface area contributed by atoms with E-state index in [1.54, 1.807) is 13.2 Å². The minimum atomic E-state index is -0.772. The van der Waals surface area contributed by atoms with Crippen LogP contribution < -0.4 is 9.64 Å². The average molecular weight is 207 g/mol. The Labute approximate surface area is 88.1 Å². The molecule has 80 valence electrons. The smallest absolute Gasteiger partial charge is 0.312 e. The van der Waals surface area contributed by atoms with E-state index >= 15 is 0 Å². The molecule has 1 aliphatic heterocycles. The van der Waals surface area contributed by atoms with Crippen molar-refractivity contribution in [1.29, 1.82) is 0 Å². The van der Waals surface area contributed by atoms with E-state index in [0.717, 1.165) is 17.0 Å². The number of likely N-dealkylation sites (N-methyl/N-ethyl adjacent to an activating group) is 1. The lowest BCUT2D eigenvalue weighted by Crippen LogP contribution is -2.19. The second-order valence-corrected chi connectivity index (χ2v) is 3.70. The zero-order valence-corrected chi connectivity index (χ0v) is 8.73. The lowest BCUT2D eigenvalue weighted by atomic mass is 10.0. The lowest BCUT2D eigenvalue weighted by molar-refractivity contribution is -0.138. The molecule has 1 heterocycles. The van der Waals surface area contributed by atoms with Gasteiger partial charge < -0.3 is 14.7 Å². The zero-order valence-electron chi connectivity index (χ0n) is 8.73. The number of benzene rings is 1. The molecule has 1 aromatic rings. The molecule has 0 spiro atoms. The third-order valence-corrected chi connectivity index (χ3v) is 2.78. The fourth-order valence-corrected chi connectivity index (χ4v) is 1.96. The predicted octanol–water partition coefficient (Wildman–Crippen LogP) is 1.31. The minimum Gasteiger partial charge on any atom is -0.497 e. The summed E-state index contributed by atoms with van der Waals surface area (Å²) < 4.78 is 5.11. The SMILES string of the molecule is COc1ccc2c(c1)N(C)CC2C(=O)O. The molecule has 2 rings (SSSR count). The molecule has 0 saturated carbocycles. The molecule has 0 aromatic heterocycles. The number of ether oxygens (including phenoxy) is 1. The summed E-state index contributed by atoms with van der Waals surface area (Å²) >= 11 is 0. The van der Waals surface area contributed by atoms with Crippen LogP contribution in [0, 0.1) is 0 Å². The van der Waals surface area contributed by atoms with Gasteiger partial charge in [-0.3, -0.25) is 4.79 Å². The highest BCUT2D eigenvalue weighted by Gasteiger charge is 2.31. The first kappa shape index (κ1) is 9.83. The highest BCUT2D eigenvalue weighted by molar-refractivity contribution is 5.83. The van der Waals surface area contributed by atoms with E-state index in [1.165, 1.54) is 0 Å². The fourth-order valence-electron chi connectivity index (χ4n) is 1.96. The van der Waals surface area contributed by atoms with Crippen LogP contribution in [0.1, 0.15) is 11.5 Å². The zero-order chi connectivity index (χ0) is 11.0. The summed E-state index contributed by atoms with van der Waals surface area (Å²) in [4.78, 5) is 12.9. The van der Waals surface area contributed by atoms with Gasteiger partial charge in [-0.25, -0.2) is 0 Å². The summed E-state index contributed by atoms with van der Waals surface area (Å²) in [6, 6.07) is 5.50. The number of hydrogen-bond acceptors (Lipinski definition) is 3. The molecule has 1 aromatic carbocycles. The Bertz CT molecular complexity index is 403. The number of methoxy groups -OCH3 is 1. The maximum atomic E-state index is 11.0. The van der Waals surface area contributed by atoms with Gasteiger partial charge in [0.05, 0.1) is 7.11 Å². The number of aliphatic carboxylic acids is 1. The van der Waals surface area contributed by atoms with E-state index in [-0.39, 0.29) is 0 Å². The molecule has 0 aliphatic carbocycles. The molecular formula is C11H13NO3. The summed E-state index contributed by atoms with van der Waals surface area (Å²) in [5, 5.41) is 9.05. The standard InChI is InChI=1S/C11H13NO3/c1-12-6-9(11(13)14)8-4-3-7(15-2)5-10(8)12/h3-5,9H,6H2,1-2H3,(H,13,14). The van der Waals surface area contributed by atoms with Crippen molar-refractivity contribution in [1.82, 2.24) is 0 Å². The van der Waals surface area contributed by atoms with Crippen molar-refractivity contribution in [3.05, 3.63) is 23.8 Å². The molecule has 1 aliphatic rings. The number of hydrogen-bond donors (Lipinski definition) is 1. The Kier molecular flexibility index (Phi) is 2.26. The van der Waals surface area contributed by atoms with E-state index in [0.29, 0.717) is 6.54 Å². The molecule has 15 heavy (non-hydrogen) atoms. The molecule has 0 fully saturated rings. The van der Waals surface area contributed by atoms with Crippen LogP contribution in [-0.4, -0.2) is 31.8 Å². The Morgan fingerprint density at radius 2 is 2.33 bits per heavy atom. The maximum absolute atomic E-state index is 11.0. The van der Waals surface area contributed by atoms with E-state index in [4.69, 9.17) is 9.84 Å². The van der Waals surface area contributed by atoms with Gasteiger partial charge in [0, 0.05) is 25.3 Å². The molecule has 1 atom stereocenters. The number of fused-ring (bicyclic) bond motifs is 1. The number of carbonyl (C=O) groups is 1. The van der Waals surface area contributed by atoms with Crippen LogP contribution in [0.4, 0.5) is 5.69 Å². The fraction of sp³-hybridized carbons (Fsp3) is 0.364. The molecule has 1 N–H and O–H groups in total. The summed E-state index contributed by atoms with van der Waals surface area (Å²) in [5.41, 5.74) is 1.81. The molecular weight excluding hydrogens is 194 g/mol. The molecule has 0 bridgehead atoms. The van der Waals surface area contributed by atoms with E-state index in [1.807, 2.05) is 24.1 Å². The van der Waals surface area contributed by atoms with Gasteiger partial charge in [0.25, 0.3) is 0 Å². The van der Waals surface area contributed by atoms with Crippen LogP contribution in [0.3, 0.4) is 0 Å². The molecule has 0 radical (unpaired) electrons. The van der Waals surface area contributed by atoms with Crippen molar-refractivity contribution in [3.8, 4) is 5.75 Å². The van der Waals surface area contributed by atoms with Gasteiger partial charge in [0.1, 0.15) is 11.7 Å². The number of carboxylic acid groups (broad SMARTS) is 1. The summed E-state index contributed by atoms with van der Waals surface area (Å²) in [5.74, 6) is -0.437. The number of nitrogens with zero attached hydrogens (tertiary/aromatic N) is 1. The van der Waals surface area contributed by atoms with Gasteiger partial charge in [-0.1, -0.05) is 6.07 Å². The summed E-state index contributed by atoms with van der Waals surface area (Å²) in [6.45, 7) is 0.526. The first-order chi connectivity index (χ1) is 7.13. The minimum absolute atomic E-state index is 0.420. The van der Waals surface area contributed by atoms with Crippen molar-refractivity contribution >= 4 is 11.7 Å². The Morgan fingerprint density at radius 3 is 2.93 bits per heavy atom. The maximum Gasteiger partial charge on any atom is 0.312 e. The monoisotopic (exact) mass is 207 g/mol. The van der Waals surface area contributed by atoms with Gasteiger partial charge in [0.2, 0.25) is 0 Å². The van der Waals surface area contributed by atoms with Crippen molar-refractivity contribution in [3.63, 3.8) is 0 Å². The van der Waals surface area contributed by atoms with Crippen molar-refractivity contribution < 1.29 is 14.6 Å².